The molecule has 0 saturated carbocycles. The van der Waals surface area contributed by atoms with Crippen LogP contribution in [0.1, 0.15) is 0 Å². The van der Waals surface area contributed by atoms with Crippen molar-refractivity contribution in [2.24, 2.45) is 15.7 Å². The molecule has 2 N–H and O–H groups in total. The summed E-state index contributed by atoms with van der Waals surface area (Å²) in [4.78, 5) is 7.75. The minimum atomic E-state index is 0.547. The molecule has 0 saturated heterocycles. The molecule has 0 fully saturated rings. The van der Waals surface area contributed by atoms with Crippen LogP contribution in [0.25, 0.3) is 0 Å². The van der Waals surface area contributed by atoms with Crippen LogP contribution in [0.2, 0.25) is 0 Å². The first-order valence-electron chi connectivity index (χ1n) is 2.19. The summed E-state index contributed by atoms with van der Waals surface area (Å²) < 4.78 is 0. The third kappa shape index (κ3) is 0.994. The van der Waals surface area contributed by atoms with Crippen LogP contribution in [0.5, 0.6) is 0 Å². The van der Waals surface area contributed by atoms with Gasteiger partial charge in [0.25, 0.3) is 0 Å². The van der Waals surface area contributed by atoms with Gasteiger partial charge < -0.3 is 5.73 Å². The quantitative estimate of drug-likeness (QED) is 0.432. The number of rotatable bonds is 0. The van der Waals surface area contributed by atoms with Crippen LogP contribution < -0.4 is 5.73 Å². The lowest BCUT2D eigenvalue weighted by Crippen LogP contribution is -2.17. The number of amidine groups is 1. The van der Waals surface area contributed by atoms with Gasteiger partial charge in [-0.1, -0.05) is 0 Å². The summed E-state index contributed by atoms with van der Waals surface area (Å²) in [6.45, 7) is 1.54. The third-order valence-corrected chi connectivity index (χ3v) is 0.747. The standard InChI is InChI=1S/C4H7N3/c5-4-3-6-1-2-7-4/h3H,1-2H2,(H2,5,7). The molecule has 1 heterocycles. The highest BCUT2D eigenvalue weighted by Gasteiger charge is 1.89. The van der Waals surface area contributed by atoms with E-state index in [-0.39, 0.29) is 0 Å². The Bertz CT molecular complexity index is 114. The highest BCUT2D eigenvalue weighted by molar-refractivity contribution is 6.28. The molecule has 7 heavy (non-hydrogen) atoms. The van der Waals surface area contributed by atoms with Crippen LogP contribution in [0, 0.1) is 0 Å². The molecule has 0 atom stereocenters. The van der Waals surface area contributed by atoms with Gasteiger partial charge in [-0.15, -0.1) is 0 Å². The fraction of sp³-hybridized carbons (Fsp3) is 0.500. The topological polar surface area (TPSA) is 50.7 Å². The van der Waals surface area contributed by atoms with E-state index in [0.717, 1.165) is 13.1 Å². The van der Waals surface area contributed by atoms with Crippen molar-refractivity contribution in [1.29, 1.82) is 0 Å². The molecule has 3 nitrogen and oxygen atoms in total. The summed E-state index contributed by atoms with van der Waals surface area (Å²) >= 11 is 0. The maximum atomic E-state index is 5.24. The monoisotopic (exact) mass is 97.1 g/mol. The van der Waals surface area contributed by atoms with Crippen molar-refractivity contribution in [2.45, 2.75) is 0 Å². The lowest BCUT2D eigenvalue weighted by atomic mass is 10.5. The van der Waals surface area contributed by atoms with Crippen molar-refractivity contribution in [1.82, 2.24) is 0 Å². The minimum Gasteiger partial charge on any atom is -0.383 e. The first-order valence-corrected chi connectivity index (χ1v) is 2.19. The Morgan fingerprint density at radius 1 is 1.57 bits per heavy atom. The lowest BCUT2D eigenvalue weighted by Gasteiger charge is -1.96. The Morgan fingerprint density at radius 2 is 2.43 bits per heavy atom. The van der Waals surface area contributed by atoms with Crippen molar-refractivity contribution >= 4 is 12.1 Å². The third-order valence-electron chi connectivity index (χ3n) is 0.747. The normalized spacial score (nSPS) is 19.1. The van der Waals surface area contributed by atoms with E-state index >= 15 is 0 Å². The Kier molecular flexibility index (Phi) is 1.06. The molecule has 0 aliphatic carbocycles. The number of nitrogens with zero attached hydrogens (tertiary/aromatic N) is 2. The second-order valence-electron chi connectivity index (χ2n) is 1.34. The highest BCUT2D eigenvalue weighted by atomic mass is 14.9. The van der Waals surface area contributed by atoms with E-state index in [4.69, 9.17) is 5.73 Å². The fourth-order valence-corrected chi connectivity index (χ4v) is 0.436. The zero-order chi connectivity index (χ0) is 5.11. The molecular weight excluding hydrogens is 90.1 g/mol. The summed E-state index contributed by atoms with van der Waals surface area (Å²) in [7, 11) is 0. The molecule has 0 spiro atoms. The van der Waals surface area contributed by atoms with Crippen molar-refractivity contribution in [2.75, 3.05) is 13.1 Å². The van der Waals surface area contributed by atoms with E-state index in [0.29, 0.717) is 5.84 Å². The smallest absolute Gasteiger partial charge is 0.136 e. The van der Waals surface area contributed by atoms with E-state index in [2.05, 4.69) is 9.98 Å². The molecule has 38 valence electrons. The Balaban J connectivity index is 2.58. The first kappa shape index (κ1) is 4.30. The predicted octanol–water partition coefficient (Wildman–Crippen LogP) is -0.572. The Labute approximate surface area is 42.0 Å². The summed E-state index contributed by atoms with van der Waals surface area (Å²) in [5, 5.41) is 0. The molecule has 0 amide bonds. The number of nitrogens with two attached hydrogens (primary N) is 1. The summed E-state index contributed by atoms with van der Waals surface area (Å²) in [5.74, 6) is 0.547. The van der Waals surface area contributed by atoms with E-state index in [1.165, 1.54) is 0 Å². The molecule has 0 bridgehead atoms. The van der Waals surface area contributed by atoms with Crippen LogP contribution in [0.15, 0.2) is 9.98 Å². The van der Waals surface area contributed by atoms with Crippen LogP contribution >= 0.6 is 0 Å². The van der Waals surface area contributed by atoms with Crippen molar-refractivity contribution in [3.8, 4) is 0 Å². The van der Waals surface area contributed by atoms with Gasteiger partial charge in [-0.05, 0) is 0 Å². The maximum Gasteiger partial charge on any atom is 0.136 e. The van der Waals surface area contributed by atoms with Gasteiger partial charge in [0.1, 0.15) is 5.84 Å². The van der Waals surface area contributed by atoms with Gasteiger partial charge in [-0.2, -0.15) is 0 Å². The van der Waals surface area contributed by atoms with Gasteiger partial charge in [0.2, 0.25) is 0 Å². The maximum absolute atomic E-state index is 5.24. The SMILES string of the molecule is NC1=NCCN=C1. The molecule has 1 aliphatic rings. The summed E-state index contributed by atoms with van der Waals surface area (Å²) in [6, 6.07) is 0. The average molecular weight is 97.1 g/mol. The molecule has 0 aromatic rings. The van der Waals surface area contributed by atoms with Gasteiger partial charge in [0.15, 0.2) is 0 Å². The first-order chi connectivity index (χ1) is 3.39. The Morgan fingerprint density at radius 3 is 2.71 bits per heavy atom. The van der Waals surface area contributed by atoms with E-state index < -0.39 is 0 Å². The fourth-order valence-electron chi connectivity index (χ4n) is 0.436. The molecule has 0 aromatic heterocycles. The molecule has 0 unspecified atom stereocenters. The van der Waals surface area contributed by atoms with E-state index in [9.17, 15) is 0 Å². The second-order valence-corrected chi connectivity index (χ2v) is 1.34. The van der Waals surface area contributed by atoms with Gasteiger partial charge in [-0.3, -0.25) is 9.98 Å². The predicted molar refractivity (Wildman–Crippen MR) is 29.8 cm³/mol. The van der Waals surface area contributed by atoms with Crippen LogP contribution in [-0.2, 0) is 0 Å². The van der Waals surface area contributed by atoms with Crippen molar-refractivity contribution in [3.63, 3.8) is 0 Å². The molecular formula is C4H7N3. The number of aliphatic imine (C=N–C) groups is 2. The van der Waals surface area contributed by atoms with E-state index in [1.54, 1.807) is 6.21 Å². The lowest BCUT2D eigenvalue weighted by molar-refractivity contribution is 0.967. The molecule has 3 heteroatoms. The number of hydrogen-bond donors (Lipinski definition) is 1. The summed E-state index contributed by atoms with van der Waals surface area (Å²) in [6.07, 6.45) is 1.59. The van der Waals surface area contributed by atoms with Crippen LogP contribution in [-0.4, -0.2) is 25.1 Å². The van der Waals surface area contributed by atoms with Gasteiger partial charge in [0, 0.05) is 0 Å². The van der Waals surface area contributed by atoms with Gasteiger partial charge >= 0.3 is 0 Å². The van der Waals surface area contributed by atoms with Crippen molar-refractivity contribution < 1.29 is 0 Å². The minimum absolute atomic E-state index is 0.547. The highest BCUT2D eigenvalue weighted by Crippen LogP contribution is 1.78. The van der Waals surface area contributed by atoms with Gasteiger partial charge in [0.05, 0.1) is 19.3 Å². The largest absolute Gasteiger partial charge is 0.383 e. The van der Waals surface area contributed by atoms with Crippen LogP contribution in [0.4, 0.5) is 0 Å². The van der Waals surface area contributed by atoms with Crippen LogP contribution in [0.3, 0.4) is 0 Å². The molecule has 0 aromatic carbocycles. The van der Waals surface area contributed by atoms with Crippen molar-refractivity contribution in [3.05, 3.63) is 0 Å². The summed E-state index contributed by atoms with van der Waals surface area (Å²) in [5.41, 5.74) is 5.24. The zero-order valence-corrected chi connectivity index (χ0v) is 3.96. The van der Waals surface area contributed by atoms with Gasteiger partial charge in [-0.25, -0.2) is 0 Å². The molecule has 0 radical (unpaired) electrons. The molecule has 1 rings (SSSR count). The van der Waals surface area contributed by atoms with E-state index in [1.807, 2.05) is 0 Å². The Hall–Kier alpha value is -0.860. The molecule has 1 aliphatic heterocycles. The average Bonchev–Trinajstić information content (AvgIpc) is 1.69. The number of hydrogen-bond acceptors (Lipinski definition) is 3. The second kappa shape index (κ2) is 1.73. The zero-order valence-electron chi connectivity index (χ0n) is 3.96.